The molecule has 1 rings (SSSR count). The van der Waals surface area contributed by atoms with Gasteiger partial charge in [-0.05, 0) is 30.5 Å². The zero-order chi connectivity index (χ0) is 18.9. The number of amides is 1. The fraction of sp³-hybridized carbons (Fsp3) is 0.588. The van der Waals surface area contributed by atoms with E-state index < -0.39 is 21.7 Å². The number of carbonyl (C=O) groups is 1. The molecule has 1 unspecified atom stereocenters. The zero-order valence-corrected chi connectivity index (χ0v) is 15.5. The van der Waals surface area contributed by atoms with Crippen molar-refractivity contribution in [3.05, 3.63) is 29.8 Å². The quantitative estimate of drug-likeness (QED) is 0.623. The summed E-state index contributed by atoms with van der Waals surface area (Å²) in [5.41, 5.74) is 0. The van der Waals surface area contributed by atoms with Gasteiger partial charge in [0.1, 0.15) is 0 Å². The van der Waals surface area contributed by atoms with Gasteiger partial charge in [-0.2, -0.15) is 0 Å². The van der Waals surface area contributed by atoms with Crippen LogP contribution in [0.3, 0.4) is 0 Å². The molecular formula is C17H26F2N2O3S. The molecule has 25 heavy (non-hydrogen) atoms. The van der Waals surface area contributed by atoms with E-state index in [1.807, 2.05) is 0 Å². The van der Waals surface area contributed by atoms with Crippen molar-refractivity contribution in [2.75, 3.05) is 13.1 Å². The molecule has 8 heteroatoms. The van der Waals surface area contributed by atoms with E-state index in [1.54, 1.807) is 0 Å². The third kappa shape index (κ3) is 7.48. The average molecular weight is 376 g/mol. The number of hydrogen-bond donors (Lipinski definition) is 2. The highest BCUT2D eigenvalue weighted by molar-refractivity contribution is 7.89. The van der Waals surface area contributed by atoms with Crippen LogP contribution in [0.2, 0.25) is 0 Å². The Hall–Kier alpha value is -1.54. The Morgan fingerprint density at radius 1 is 1.20 bits per heavy atom. The summed E-state index contributed by atoms with van der Waals surface area (Å²) in [6.45, 7) is 4.65. The first-order chi connectivity index (χ1) is 11.8. The molecule has 142 valence electrons. The summed E-state index contributed by atoms with van der Waals surface area (Å²) < 4.78 is 52.1. The highest BCUT2D eigenvalue weighted by Crippen LogP contribution is 2.13. The standard InChI is InChI=1S/C17H26F2N2O3S/c1-3-5-6-13(4-2)12-20-17(22)9-10-21-25(23,24)14-7-8-15(18)16(19)11-14/h7-8,11,13,21H,3-6,9-10,12H2,1-2H3,(H,20,22). The third-order valence-corrected chi connectivity index (χ3v) is 5.44. The van der Waals surface area contributed by atoms with Crippen molar-refractivity contribution in [3.8, 4) is 0 Å². The molecule has 0 heterocycles. The van der Waals surface area contributed by atoms with Gasteiger partial charge in [-0.25, -0.2) is 21.9 Å². The first kappa shape index (κ1) is 21.5. The van der Waals surface area contributed by atoms with Gasteiger partial charge in [-0.3, -0.25) is 4.79 Å². The predicted molar refractivity (Wildman–Crippen MR) is 92.5 cm³/mol. The average Bonchev–Trinajstić information content (AvgIpc) is 2.57. The first-order valence-electron chi connectivity index (χ1n) is 8.51. The number of nitrogens with one attached hydrogen (secondary N) is 2. The summed E-state index contributed by atoms with van der Waals surface area (Å²) in [5, 5.41) is 2.80. The molecule has 0 spiro atoms. The van der Waals surface area contributed by atoms with Gasteiger partial charge >= 0.3 is 0 Å². The molecule has 0 aliphatic heterocycles. The summed E-state index contributed by atoms with van der Waals surface area (Å²) in [5.74, 6) is -2.18. The van der Waals surface area contributed by atoms with Crippen molar-refractivity contribution >= 4 is 15.9 Å². The molecule has 0 saturated carbocycles. The van der Waals surface area contributed by atoms with Crippen LogP contribution < -0.4 is 10.0 Å². The van der Waals surface area contributed by atoms with Crippen molar-refractivity contribution in [2.45, 2.75) is 50.8 Å². The lowest BCUT2D eigenvalue weighted by atomic mass is 9.99. The molecule has 0 aromatic heterocycles. The van der Waals surface area contributed by atoms with E-state index in [2.05, 4.69) is 23.9 Å². The second-order valence-electron chi connectivity index (χ2n) is 5.94. The lowest BCUT2D eigenvalue weighted by molar-refractivity contribution is -0.121. The Morgan fingerprint density at radius 3 is 2.52 bits per heavy atom. The van der Waals surface area contributed by atoms with Crippen LogP contribution in [0.25, 0.3) is 0 Å². The van der Waals surface area contributed by atoms with Gasteiger partial charge < -0.3 is 5.32 Å². The van der Waals surface area contributed by atoms with Crippen molar-refractivity contribution in [2.24, 2.45) is 5.92 Å². The maximum absolute atomic E-state index is 13.1. The highest BCUT2D eigenvalue weighted by Gasteiger charge is 2.16. The summed E-state index contributed by atoms with van der Waals surface area (Å²) in [6, 6.07) is 2.33. The molecule has 1 aromatic rings. The van der Waals surface area contributed by atoms with Crippen LogP contribution in [0, 0.1) is 17.6 Å². The van der Waals surface area contributed by atoms with E-state index in [1.165, 1.54) is 0 Å². The molecule has 2 N–H and O–H groups in total. The number of rotatable bonds is 11. The zero-order valence-electron chi connectivity index (χ0n) is 14.6. The molecule has 1 aromatic carbocycles. The molecule has 0 saturated heterocycles. The van der Waals surface area contributed by atoms with Crippen molar-refractivity contribution in [1.82, 2.24) is 10.0 Å². The maximum Gasteiger partial charge on any atom is 0.240 e. The van der Waals surface area contributed by atoms with E-state index in [0.717, 1.165) is 37.8 Å². The van der Waals surface area contributed by atoms with Crippen LogP contribution in [0.1, 0.15) is 46.0 Å². The Bertz CT molecular complexity index is 666. The minimum atomic E-state index is -3.98. The lowest BCUT2D eigenvalue weighted by Crippen LogP contribution is -2.33. The molecule has 0 radical (unpaired) electrons. The summed E-state index contributed by atoms with van der Waals surface area (Å²) in [7, 11) is -3.98. The normalized spacial score (nSPS) is 12.8. The Labute approximate surface area is 148 Å². The van der Waals surface area contributed by atoms with E-state index in [-0.39, 0.29) is 23.8 Å². The molecule has 0 bridgehead atoms. The summed E-state index contributed by atoms with van der Waals surface area (Å²) in [6.07, 6.45) is 4.23. The molecule has 1 amide bonds. The molecular weight excluding hydrogens is 350 g/mol. The number of benzene rings is 1. The fourth-order valence-electron chi connectivity index (χ4n) is 2.32. The van der Waals surface area contributed by atoms with Crippen LogP contribution in [-0.4, -0.2) is 27.4 Å². The lowest BCUT2D eigenvalue weighted by Gasteiger charge is -2.15. The van der Waals surface area contributed by atoms with E-state index in [9.17, 15) is 22.0 Å². The monoisotopic (exact) mass is 376 g/mol. The predicted octanol–water partition coefficient (Wildman–Crippen LogP) is 2.97. The van der Waals surface area contributed by atoms with E-state index in [0.29, 0.717) is 18.5 Å². The molecule has 0 aliphatic rings. The summed E-state index contributed by atoms with van der Waals surface area (Å²) in [4.78, 5) is 11.4. The summed E-state index contributed by atoms with van der Waals surface area (Å²) >= 11 is 0. The number of halogens is 2. The second-order valence-corrected chi connectivity index (χ2v) is 7.71. The SMILES string of the molecule is CCCCC(CC)CNC(=O)CCNS(=O)(=O)c1ccc(F)c(F)c1. The number of carbonyl (C=O) groups excluding carboxylic acids is 1. The second kappa shape index (κ2) is 10.5. The van der Waals surface area contributed by atoms with Crippen LogP contribution in [0.15, 0.2) is 23.1 Å². The Morgan fingerprint density at radius 2 is 1.92 bits per heavy atom. The largest absolute Gasteiger partial charge is 0.356 e. The van der Waals surface area contributed by atoms with Crippen LogP contribution in [0.5, 0.6) is 0 Å². The fourth-order valence-corrected chi connectivity index (χ4v) is 3.36. The van der Waals surface area contributed by atoms with Crippen LogP contribution in [0.4, 0.5) is 8.78 Å². The van der Waals surface area contributed by atoms with Crippen molar-refractivity contribution in [1.29, 1.82) is 0 Å². The van der Waals surface area contributed by atoms with Gasteiger partial charge in [0.2, 0.25) is 15.9 Å². The van der Waals surface area contributed by atoms with Crippen molar-refractivity contribution < 1.29 is 22.0 Å². The van der Waals surface area contributed by atoms with E-state index >= 15 is 0 Å². The molecule has 1 atom stereocenters. The first-order valence-corrected chi connectivity index (χ1v) is 9.99. The molecule has 5 nitrogen and oxygen atoms in total. The maximum atomic E-state index is 13.1. The molecule has 0 fully saturated rings. The Kier molecular flexibility index (Phi) is 8.99. The van der Waals surface area contributed by atoms with Gasteiger partial charge in [0, 0.05) is 19.5 Å². The third-order valence-electron chi connectivity index (χ3n) is 3.98. The van der Waals surface area contributed by atoms with Crippen molar-refractivity contribution in [3.63, 3.8) is 0 Å². The number of hydrogen-bond acceptors (Lipinski definition) is 3. The van der Waals surface area contributed by atoms with Gasteiger partial charge in [0.05, 0.1) is 4.90 Å². The minimum Gasteiger partial charge on any atom is -0.356 e. The topological polar surface area (TPSA) is 75.3 Å². The molecule has 0 aliphatic carbocycles. The Balaban J connectivity index is 2.42. The van der Waals surface area contributed by atoms with Gasteiger partial charge in [0.25, 0.3) is 0 Å². The smallest absolute Gasteiger partial charge is 0.240 e. The van der Waals surface area contributed by atoms with Gasteiger partial charge in [-0.1, -0.05) is 33.1 Å². The van der Waals surface area contributed by atoms with E-state index in [4.69, 9.17) is 0 Å². The number of unbranched alkanes of at least 4 members (excludes halogenated alkanes) is 1. The number of sulfonamides is 1. The highest BCUT2D eigenvalue weighted by atomic mass is 32.2. The van der Waals surface area contributed by atoms with Crippen LogP contribution >= 0.6 is 0 Å². The van der Waals surface area contributed by atoms with Gasteiger partial charge in [0.15, 0.2) is 11.6 Å². The van der Waals surface area contributed by atoms with Crippen LogP contribution in [-0.2, 0) is 14.8 Å². The minimum absolute atomic E-state index is 0.0207. The van der Waals surface area contributed by atoms with Gasteiger partial charge in [-0.15, -0.1) is 0 Å².